The topological polar surface area (TPSA) is 41.6 Å². The van der Waals surface area contributed by atoms with Crippen LogP contribution < -0.4 is 5.73 Å². The Balaban J connectivity index is 3.59. The van der Waals surface area contributed by atoms with E-state index in [1.807, 2.05) is 31.9 Å². The number of nitrogens with zero attached hydrogens (tertiary/aromatic N) is 2. The molecule has 3 nitrogen and oxygen atoms in total. The van der Waals surface area contributed by atoms with E-state index < -0.39 is 0 Å². The van der Waals surface area contributed by atoms with Crippen LogP contribution in [0.5, 0.6) is 0 Å². The van der Waals surface area contributed by atoms with Gasteiger partial charge in [0.25, 0.3) is 0 Å². The highest BCUT2D eigenvalue weighted by Crippen LogP contribution is 1.81. The maximum absolute atomic E-state index is 5.58. The number of hydrogen-bond donors (Lipinski definition) is 1. The van der Waals surface area contributed by atoms with Gasteiger partial charge in [0.1, 0.15) is 0 Å². The molecule has 0 aromatic carbocycles. The second kappa shape index (κ2) is 5.92. The fourth-order valence-electron chi connectivity index (χ4n) is 0.740. The van der Waals surface area contributed by atoms with Crippen molar-refractivity contribution in [1.29, 1.82) is 0 Å². The van der Waals surface area contributed by atoms with Crippen molar-refractivity contribution in [2.24, 2.45) is 10.7 Å². The minimum absolute atomic E-state index is 0.192. The minimum atomic E-state index is 0.192. The maximum atomic E-state index is 5.58. The minimum Gasteiger partial charge on any atom is -0.364 e. The van der Waals surface area contributed by atoms with E-state index in [1.165, 1.54) is 0 Å². The van der Waals surface area contributed by atoms with Gasteiger partial charge >= 0.3 is 0 Å². The van der Waals surface area contributed by atoms with Gasteiger partial charge < -0.3 is 10.6 Å². The Bertz CT molecular complexity index is 138. The highest BCUT2D eigenvalue weighted by molar-refractivity contribution is 5.55. The van der Waals surface area contributed by atoms with Crippen molar-refractivity contribution in [2.75, 3.05) is 13.6 Å². The fourth-order valence-corrected chi connectivity index (χ4v) is 0.740. The molecule has 0 saturated heterocycles. The van der Waals surface area contributed by atoms with Crippen molar-refractivity contribution in [3.8, 4) is 0 Å². The first-order valence-corrected chi connectivity index (χ1v) is 3.77. The summed E-state index contributed by atoms with van der Waals surface area (Å²) in [5.41, 5.74) is 5.58. The van der Waals surface area contributed by atoms with Crippen LogP contribution in [0, 0.1) is 0 Å². The van der Waals surface area contributed by atoms with Gasteiger partial charge in [-0.15, -0.1) is 0 Å². The number of rotatable bonds is 4. The summed E-state index contributed by atoms with van der Waals surface area (Å²) in [6.45, 7) is 4.74. The lowest BCUT2D eigenvalue weighted by molar-refractivity contribution is 0.475. The Morgan fingerprint density at radius 1 is 1.64 bits per heavy atom. The Hall–Kier alpha value is -0.830. The molecule has 0 aliphatic heterocycles. The van der Waals surface area contributed by atoms with Gasteiger partial charge in [-0.05, 0) is 13.8 Å². The van der Waals surface area contributed by atoms with E-state index in [4.69, 9.17) is 5.73 Å². The normalized spacial score (nSPS) is 14.5. The summed E-state index contributed by atoms with van der Waals surface area (Å²) in [6, 6.07) is 0.192. The van der Waals surface area contributed by atoms with Gasteiger partial charge in [-0.1, -0.05) is 6.08 Å². The van der Waals surface area contributed by atoms with Gasteiger partial charge in [-0.25, -0.2) is 4.99 Å². The lowest BCUT2D eigenvalue weighted by Crippen LogP contribution is -2.31. The Morgan fingerprint density at radius 3 is 2.73 bits per heavy atom. The van der Waals surface area contributed by atoms with Gasteiger partial charge in [0.05, 0.1) is 6.34 Å². The molecule has 0 aromatic heterocycles. The van der Waals surface area contributed by atoms with E-state index in [-0.39, 0.29) is 6.04 Å². The molecule has 0 saturated carbocycles. The molecule has 1 atom stereocenters. The lowest BCUT2D eigenvalue weighted by Gasteiger charge is -2.14. The molecule has 0 spiro atoms. The highest BCUT2D eigenvalue weighted by atomic mass is 15.1. The smallest absolute Gasteiger partial charge is 0.0902 e. The molecule has 0 heterocycles. The molecule has 0 aromatic rings. The molecule has 0 rings (SSSR count). The van der Waals surface area contributed by atoms with Gasteiger partial charge in [-0.2, -0.15) is 0 Å². The second-order valence-electron chi connectivity index (χ2n) is 2.66. The third kappa shape index (κ3) is 7.06. The predicted octanol–water partition coefficient (Wildman–Crippen LogP) is 0.827. The predicted molar refractivity (Wildman–Crippen MR) is 49.6 cm³/mol. The van der Waals surface area contributed by atoms with Gasteiger partial charge in [-0.3, -0.25) is 0 Å². The zero-order valence-electron chi connectivity index (χ0n) is 7.49. The SMILES string of the molecule is C/C=C/N=C/N(C)C[C@H](C)N. The second-order valence-corrected chi connectivity index (χ2v) is 2.66. The Labute approximate surface area is 68.6 Å². The first-order chi connectivity index (χ1) is 5.16. The molecule has 0 aliphatic rings. The van der Waals surface area contributed by atoms with E-state index in [2.05, 4.69) is 4.99 Å². The summed E-state index contributed by atoms with van der Waals surface area (Å²) in [7, 11) is 1.95. The molecule has 3 heteroatoms. The lowest BCUT2D eigenvalue weighted by atomic mass is 10.3. The molecule has 11 heavy (non-hydrogen) atoms. The van der Waals surface area contributed by atoms with E-state index in [1.54, 1.807) is 12.5 Å². The first-order valence-electron chi connectivity index (χ1n) is 3.77. The van der Waals surface area contributed by atoms with Crippen LogP contribution in [0.15, 0.2) is 17.3 Å². The largest absolute Gasteiger partial charge is 0.364 e. The van der Waals surface area contributed by atoms with Crippen molar-refractivity contribution in [3.05, 3.63) is 12.3 Å². The molecule has 0 fully saturated rings. The Kier molecular flexibility index (Phi) is 5.47. The molecular weight excluding hydrogens is 138 g/mol. The third-order valence-corrected chi connectivity index (χ3v) is 1.07. The van der Waals surface area contributed by atoms with Crippen LogP contribution in [0.2, 0.25) is 0 Å². The van der Waals surface area contributed by atoms with Crippen molar-refractivity contribution in [1.82, 2.24) is 4.90 Å². The maximum Gasteiger partial charge on any atom is 0.0902 e. The number of hydrogen-bond acceptors (Lipinski definition) is 2. The summed E-state index contributed by atoms with van der Waals surface area (Å²) >= 11 is 0. The zero-order chi connectivity index (χ0) is 8.69. The van der Waals surface area contributed by atoms with E-state index in [0.29, 0.717) is 0 Å². The molecule has 0 amide bonds. The monoisotopic (exact) mass is 155 g/mol. The van der Waals surface area contributed by atoms with Crippen molar-refractivity contribution < 1.29 is 0 Å². The average Bonchev–Trinajstić information content (AvgIpc) is 1.86. The summed E-state index contributed by atoms with van der Waals surface area (Å²) in [4.78, 5) is 5.97. The number of allylic oxidation sites excluding steroid dienone is 1. The highest BCUT2D eigenvalue weighted by Gasteiger charge is 1.94. The molecule has 0 radical (unpaired) electrons. The van der Waals surface area contributed by atoms with Crippen molar-refractivity contribution in [2.45, 2.75) is 19.9 Å². The average molecular weight is 155 g/mol. The van der Waals surface area contributed by atoms with Gasteiger partial charge in [0, 0.05) is 25.8 Å². The van der Waals surface area contributed by atoms with Crippen molar-refractivity contribution >= 4 is 6.34 Å². The van der Waals surface area contributed by atoms with Crippen LogP contribution in [0.4, 0.5) is 0 Å². The van der Waals surface area contributed by atoms with Crippen LogP contribution in [0.1, 0.15) is 13.8 Å². The van der Waals surface area contributed by atoms with Gasteiger partial charge in [0.15, 0.2) is 0 Å². The summed E-state index contributed by atoms with van der Waals surface area (Å²) in [5.74, 6) is 0. The third-order valence-electron chi connectivity index (χ3n) is 1.07. The van der Waals surface area contributed by atoms with Gasteiger partial charge in [0.2, 0.25) is 0 Å². The number of aliphatic imine (C=N–C) groups is 1. The first kappa shape index (κ1) is 10.2. The van der Waals surface area contributed by atoms with E-state index in [0.717, 1.165) is 6.54 Å². The quantitative estimate of drug-likeness (QED) is 0.482. The van der Waals surface area contributed by atoms with Crippen LogP contribution >= 0.6 is 0 Å². The van der Waals surface area contributed by atoms with Crippen molar-refractivity contribution in [3.63, 3.8) is 0 Å². The number of nitrogens with two attached hydrogens (primary N) is 1. The van der Waals surface area contributed by atoms with E-state index >= 15 is 0 Å². The fraction of sp³-hybridized carbons (Fsp3) is 0.625. The van der Waals surface area contributed by atoms with E-state index in [9.17, 15) is 0 Å². The van der Waals surface area contributed by atoms with Crippen LogP contribution in [0.25, 0.3) is 0 Å². The molecule has 2 N–H and O–H groups in total. The van der Waals surface area contributed by atoms with Crippen LogP contribution in [-0.2, 0) is 0 Å². The Morgan fingerprint density at radius 2 is 2.27 bits per heavy atom. The standard InChI is InChI=1S/C8H17N3/c1-4-5-10-7-11(3)6-8(2)9/h4-5,7-8H,6,9H2,1-3H3/b5-4+,10-7+/t8-/m0/s1. The molecule has 0 bridgehead atoms. The molecule has 64 valence electrons. The van der Waals surface area contributed by atoms with Crippen LogP contribution in [0.3, 0.4) is 0 Å². The summed E-state index contributed by atoms with van der Waals surface area (Å²) in [6.07, 6.45) is 5.40. The molecule has 0 unspecified atom stereocenters. The molecular formula is C8H17N3. The summed E-state index contributed by atoms with van der Waals surface area (Å²) in [5, 5.41) is 0. The molecule has 0 aliphatic carbocycles. The number of likely N-dealkylation sites (N-methyl/N-ethyl adjacent to an activating group) is 1. The van der Waals surface area contributed by atoms with Crippen LogP contribution in [-0.4, -0.2) is 30.9 Å². The zero-order valence-corrected chi connectivity index (χ0v) is 7.49. The summed E-state index contributed by atoms with van der Waals surface area (Å²) < 4.78 is 0.